The summed E-state index contributed by atoms with van der Waals surface area (Å²) in [5, 5.41) is 5.05. The minimum absolute atomic E-state index is 0.603. The zero-order chi connectivity index (χ0) is 9.42. The van der Waals surface area contributed by atoms with Crippen molar-refractivity contribution in [2.75, 3.05) is 7.11 Å². The number of aromatic nitrogens is 3. The molecule has 13 heavy (non-hydrogen) atoms. The highest BCUT2D eigenvalue weighted by atomic mass is 79.9. The van der Waals surface area contributed by atoms with E-state index in [-0.39, 0.29) is 0 Å². The quantitative estimate of drug-likeness (QED) is 0.764. The second-order valence-electron chi connectivity index (χ2n) is 2.65. The van der Waals surface area contributed by atoms with Gasteiger partial charge in [0.25, 0.3) is 0 Å². The van der Waals surface area contributed by atoms with Gasteiger partial charge < -0.3 is 4.74 Å². The predicted molar refractivity (Wildman–Crippen MR) is 52.8 cm³/mol. The molecule has 0 aromatic carbocycles. The molecule has 2 rings (SSSR count). The smallest absolute Gasteiger partial charge is 0.224 e. The van der Waals surface area contributed by atoms with Gasteiger partial charge in [-0.15, -0.1) is 0 Å². The van der Waals surface area contributed by atoms with E-state index >= 15 is 0 Å². The summed E-state index contributed by atoms with van der Waals surface area (Å²) in [5.41, 5.74) is 0.992. The highest BCUT2D eigenvalue weighted by Crippen LogP contribution is 2.28. The molecule has 0 saturated heterocycles. The molecular formula is C8H8BrN3O. The van der Waals surface area contributed by atoms with Crippen LogP contribution >= 0.6 is 15.9 Å². The minimum Gasteiger partial charge on any atom is -0.480 e. The number of ether oxygens (including phenoxy) is 1. The first-order valence-corrected chi connectivity index (χ1v) is 4.53. The average molecular weight is 242 g/mol. The highest BCUT2D eigenvalue weighted by Gasteiger charge is 2.09. The third kappa shape index (κ3) is 1.19. The fourth-order valence-electron chi connectivity index (χ4n) is 1.29. The second kappa shape index (κ2) is 2.99. The summed E-state index contributed by atoms with van der Waals surface area (Å²) in [6.45, 7) is 0. The van der Waals surface area contributed by atoms with E-state index in [2.05, 4.69) is 26.0 Å². The van der Waals surface area contributed by atoms with Gasteiger partial charge in [-0.25, -0.2) is 4.98 Å². The summed E-state index contributed by atoms with van der Waals surface area (Å²) in [6.07, 6.45) is 3.45. The van der Waals surface area contributed by atoms with Gasteiger partial charge >= 0.3 is 0 Å². The molecule has 0 saturated carbocycles. The van der Waals surface area contributed by atoms with Crippen LogP contribution in [0, 0.1) is 0 Å². The largest absolute Gasteiger partial charge is 0.480 e. The summed E-state index contributed by atoms with van der Waals surface area (Å²) in [7, 11) is 3.48. The van der Waals surface area contributed by atoms with Crippen molar-refractivity contribution in [2.45, 2.75) is 0 Å². The van der Waals surface area contributed by atoms with Gasteiger partial charge in [-0.05, 0) is 15.9 Å². The highest BCUT2D eigenvalue weighted by molar-refractivity contribution is 9.10. The van der Waals surface area contributed by atoms with E-state index in [1.807, 2.05) is 7.05 Å². The molecule has 0 aliphatic carbocycles. The Morgan fingerprint density at radius 3 is 2.92 bits per heavy atom. The van der Waals surface area contributed by atoms with Crippen LogP contribution in [-0.2, 0) is 7.05 Å². The van der Waals surface area contributed by atoms with Crippen molar-refractivity contribution in [3.8, 4) is 5.88 Å². The van der Waals surface area contributed by atoms with Crippen LogP contribution in [0.3, 0.4) is 0 Å². The molecule has 2 heterocycles. The van der Waals surface area contributed by atoms with E-state index < -0.39 is 0 Å². The molecule has 0 fully saturated rings. The normalized spacial score (nSPS) is 10.7. The lowest BCUT2D eigenvalue weighted by molar-refractivity contribution is 0.403. The molecule has 0 amide bonds. The summed E-state index contributed by atoms with van der Waals surface area (Å²) >= 11 is 3.41. The molecule has 2 aromatic rings. The van der Waals surface area contributed by atoms with Gasteiger partial charge in [-0.1, -0.05) is 0 Å². The maximum atomic E-state index is 5.11. The van der Waals surface area contributed by atoms with Crippen LogP contribution in [0.15, 0.2) is 16.9 Å². The molecule has 0 N–H and O–H groups in total. The summed E-state index contributed by atoms with van der Waals surface area (Å²) < 4.78 is 7.81. The maximum Gasteiger partial charge on any atom is 0.224 e. The van der Waals surface area contributed by atoms with Crippen LogP contribution in [0.25, 0.3) is 10.9 Å². The van der Waals surface area contributed by atoms with Crippen LogP contribution in [0.2, 0.25) is 0 Å². The van der Waals surface area contributed by atoms with E-state index in [4.69, 9.17) is 4.74 Å². The number of hydrogen-bond acceptors (Lipinski definition) is 3. The Kier molecular flexibility index (Phi) is 1.95. The Morgan fingerprint density at radius 2 is 2.23 bits per heavy atom. The lowest BCUT2D eigenvalue weighted by Gasteiger charge is -2.01. The predicted octanol–water partition coefficient (Wildman–Crippen LogP) is 1.74. The van der Waals surface area contributed by atoms with Crippen molar-refractivity contribution in [1.82, 2.24) is 14.8 Å². The third-order valence-electron chi connectivity index (χ3n) is 1.88. The minimum atomic E-state index is 0.603. The third-order valence-corrected chi connectivity index (χ3v) is 2.46. The summed E-state index contributed by atoms with van der Waals surface area (Å²) in [5.74, 6) is 0.603. The molecule has 0 aliphatic rings. The molecule has 0 aliphatic heterocycles. The number of hydrogen-bond donors (Lipinski definition) is 0. The van der Waals surface area contributed by atoms with Crippen molar-refractivity contribution >= 4 is 26.8 Å². The maximum absolute atomic E-state index is 5.11. The first-order chi connectivity index (χ1) is 6.24. The standard InChI is InChI=1S/C8H8BrN3O/c1-12-7-5(3-11-12)8(13-2)10-4-6(7)9/h3-4H,1-2H3. The van der Waals surface area contributed by atoms with E-state index in [1.54, 1.807) is 24.2 Å². The van der Waals surface area contributed by atoms with Gasteiger partial charge in [0.1, 0.15) is 0 Å². The van der Waals surface area contributed by atoms with Crippen LogP contribution in [0.4, 0.5) is 0 Å². The Hall–Kier alpha value is -1.10. The van der Waals surface area contributed by atoms with Gasteiger partial charge in [0, 0.05) is 13.2 Å². The number of fused-ring (bicyclic) bond motifs is 1. The van der Waals surface area contributed by atoms with Gasteiger partial charge in [-0.3, -0.25) is 4.68 Å². The van der Waals surface area contributed by atoms with E-state index in [9.17, 15) is 0 Å². The molecule has 4 nitrogen and oxygen atoms in total. The Balaban J connectivity index is 2.87. The van der Waals surface area contributed by atoms with Crippen LogP contribution < -0.4 is 4.74 Å². The van der Waals surface area contributed by atoms with Crippen LogP contribution in [0.1, 0.15) is 0 Å². The van der Waals surface area contributed by atoms with Crippen molar-refractivity contribution in [2.24, 2.45) is 7.05 Å². The number of methoxy groups -OCH3 is 1. The molecule has 2 aromatic heterocycles. The fraction of sp³-hybridized carbons (Fsp3) is 0.250. The van der Waals surface area contributed by atoms with Crippen LogP contribution in [-0.4, -0.2) is 21.9 Å². The topological polar surface area (TPSA) is 39.9 Å². The Labute approximate surface area is 83.7 Å². The lowest BCUT2D eigenvalue weighted by atomic mass is 10.3. The Morgan fingerprint density at radius 1 is 1.46 bits per heavy atom. The molecule has 0 unspecified atom stereocenters. The van der Waals surface area contributed by atoms with E-state index in [1.165, 1.54) is 0 Å². The zero-order valence-corrected chi connectivity index (χ0v) is 8.87. The second-order valence-corrected chi connectivity index (χ2v) is 3.50. The SMILES string of the molecule is COc1ncc(Br)c2c1cnn2C. The molecule has 0 radical (unpaired) electrons. The number of halogens is 1. The Bertz CT molecular complexity index is 452. The molecule has 68 valence electrons. The summed E-state index contributed by atoms with van der Waals surface area (Å²) in [6, 6.07) is 0. The van der Waals surface area contributed by atoms with Crippen molar-refractivity contribution in [1.29, 1.82) is 0 Å². The van der Waals surface area contributed by atoms with E-state index in [0.29, 0.717) is 5.88 Å². The number of aryl methyl sites for hydroxylation is 1. The van der Waals surface area contributed by atoms with Crippen molar-refractivity contribution in [3.63, 3.8) is 0 Å². The number of nitrogens with zero attached hydrogens (tertiary/aromatic N) is 3. The van der Waals surface area contributed by atoms with Crippen molar-refractivity contribution < 1.29 is 4.74 Å². The fourth-order valence-corrected chi connectivity index (χ4v) is 1.86. The summed E-state index contributed by atoms with van der Waals surface area (Å²) in [4.78, 5) is 4.12. The lowest BCUT2D eigenvalue weighted by Crippen LogP contribution is -1.92. The first kappa shape index (κ1) is 8.50. The van der Waals surface area contributed by atoms with Gasteiger partial charge in [-0.2, -0.15) is 5.10 Å². The monoisotopic (exact) mass is 241 g/mol. The van der Waals surface area contributed by atoms with Gasteiger partial charge in [0.15, 0.2) is 0 Å². The first-order valence-electron chi connectivity index (χ1n) is 3.74. The number of rotatable bonds is 1. The van der Waals surface area contributed by atoms with Crippen molar-refractivity contribution in [3.05, 3.63) is 16.9 Å². The zero-order valence-electron chi connectivity index (χ0n) is 7.28. The van der Waals surface area contributed by atoms with Gasteiger partial charge in [0.05, 0.1) is 28.7 Å². The van der Waals surface area contributed by atoms with E-state index in [0.717, 1.165) is 15.4 Å². The molecule has 0 bridgehead atoms. The van der Waals surface area contributed by atoms with Gasteiger partial charge in [0.2, 0.25) is 5.88 Å². The van der Waals surface area contributed by atoms with Crippen LogP contribution in [0.5, 0.6) is 5.88 Å². The molecular weight excluding hydrogens is 234 g/mol. The molecule has 0 atom stereocenters. The average Bonchev–Trinajstić information content (AvgIpc) is 2.50. The molecule has 0 spiro atoms. The molecule has 5 heteroatoms. The number of pyridine rings is 1.